The standard InChI is InChI=1S/C20H14BrF3/c21-18-12-8-16(9-13-18)19(14-4-2-1-3-5-14)15-6-10-17(11-7-15)20(22,23)24/h1-13,19H/t19-/m1/s1. The molecule has 0 heterocycles. The molecule has 122 valence electrons. The van der Waals surface area contributed by atoms with Gasteiger partial charge in [0.2, 0.25) is 0 Å². The van der Waals surface area contributed by atoms with Crippen molar-refractivity contribution in [2.75, 3.05) is 0 Å². The second-order valence-electron chi connectivity index (χ2n) is 5.52. The number of hydrogen-bond donors (Lipinski definition) is 0. The van der Waals surface area contributed by atoms with Crippen molar-refractivity contribution >= 4 is 15.9 Å². The van der Waals surface area contributed by atoms with Crippen LogP contribution in [0.25, 0.3) is 0 Å². The van der Waals surface area contributed by atoms with E-state index < -0.39 is 11.7 Å². The second kappa shape index (κ2) is 6.81. The largest absolute Gasteiger partial charge is 0.416 e. The molecule has 0 fully saturated rings. The van der Waals surface area contributed by atoms with Crippen molar-refractivity contribution in [2.45, 2.75) is 12.1 Å². The lowest BCUT2D eigenvalue weighted by Crippen LogP contribution is -2.07. The van der Waals surface area contributed by atoms with Crippen LogP contribution in [0.4, 0.5) is 13.2 Å². The highest BCUT2D eigenvalue weighted by Crippen LogP contribution is 2.35. The van der Waals surface area contributed by atoms with Crippen LogP contribution >= 0.6 is 15.9 Å². The number of halogens is 4. The number of hydrogen-bond acceptors (Lipinski definition) is 0. The van der Waals surface area contributed by atoms with Gasteiger partial charge in [-0.05, 0) is 41.0 Å². The molecule has 0 aliphatic heterocycles. The van der Waals surface area contributed by atoms with Gasteiger partial charge in [0.15, 0.2) is 0 Å². The molecule has 3 rings (SSSR count). The summed E-state index contributed by atoms with van der Waals surface area (Å²) in [4.78, 5) is 0. The number of benzene rings is 3. The van der Waals surface area contributed by atoms with E-state index in [1.165, 1.54) is 0 Å². The van der Waals surface area contributed by atoms with Gasteiger partial charge in [0.25, 0.3) is 0 Å². The zero-order valence-corrected chi connectivity index (χ0v) is 14.2. The summed E-state index contributed by atoms with van der Waals surface area (Å²) in [5.74, 6) is -0.110. The van der Waals surface area contributed by atoms with Gasteiger partial charge >= 0.3 is 6.18 Å². The first kappa shape index (κ1) is 16.8. The fourth-order valence-electron chi connectivity index (χ4n) is 2.74. The minimum Gasteiger partial charge on any atom is -0.166 e. The van der Waals surface area contributed by atoms with Crippen molar-refractivity contribution in [1.82, 2.24) is 0 Å². The summed E-state index contributed by atoms with van der Waals surface area (Å²) < 4.78 is 39.4. The van der Waals surface area contributed by atoms with Gasteiger partial charge in [-0.1, -0.05) is 70.5 Å². The molecular weight excluding hydrogens is 377 g/mol. The molecule has 0 saturated heterocycles. The maximum absolute atomic E-state index is 12.8. The van der Waals surface area contributed by atoms with E-state index in [4.69, 9.17) is 0 Å². The lowest BCUT2D eigenvalue weighted by molar-refractivity contribution is -0.137. The van der Waals surface area contributed by atoms with Gasteiger partial charge in [-0.25, -0.2) is 0 Å². The van der Waals surface area contributed by atoms with Gasteiger partial charge in [-0.15, -0.1) is 0 Å². The van der Waals surface area contributed by atoms with E-state index in [9.17, 15) is 13.2 Å². The van der Waals surface area contributed by atoms with Crippen LogP contribution in [0.15, 0.2) is 83.3 Å². The van der Waals surface area contributed by atoms with Crippen molar-refractivity contribution in [1.29, 1.82) is 0 Å². The zero-order valence-electron chi connectivity index (χ0n) is 12.6. The van der Waals surface area contributed by atoms with Gasteiger partial charge in [-0.3, -0.25) is 0 Å². The van der Waals surface area contributed by atoms with E-state index in [0.29, 0.717) is 0 Å². The molecule has 0 saturated carbocycles. The first-order valence-corrected chi connectivity index (χ1v) is 8.22. The van der Waals surface area contributed by atoms with Crippen molar-refractivity contribution < 1.29 is 13.2 Å². The van der Waals surface area contributed by atoms with Crippen LogP contribution in [-0.2, 0) is 6.18 Å². The van der Waals surface area contributed by atoms with Crippen LogP contribution in [0.5, 0.6) is 0 Å². The first-order chi connectivity index (χ1) is 11.4. The van der Waals surface area contributed by atoms with Gasteiger partial charge < -0.3 is 0 Å². The quantitative estimate of drug-likeness (QED) is 0.439. The molecule has 24 heavy (non-hydrogen) atoms. The van der Waals surface area contributed by atoms with E-state index in [0.717, 1.165) is 33.3 Å². The predicted octanol–water partition coefficient (Wildman–Crippen LogP) is 6.65. The Morgan fingerprint density at radius 3 is 1.58 bits per heavy atom. The van der Waals surface area contributed by atoms with Gasteiger partial charge in [-0.2, -0.15) is 13.2 Å². The topological polar surface area (TPSA) is 0 Å². The summed E-state index contributed by atoms with van der Waals surface area (Å²) >= 11 is 3.41. The van der Waals surface area contributed by atoms with Gasteiger partial charge in [0, 0.05) is 10.4 Å². The molecule has 3 aromatic rings. The van der Waals surface area contributed by atoms with E-state index in [-0.39, 0.29) is 5.92 Å². The lowest BCUT2D eigenvalue weighted by Gasteiger charge is -2.19. The molecule has 0 aromatic heterocycles. The number of alkyl halides is 3. The Morgan fingerprint density at radius 2 is 1.08 bits per heavy atom. The summed E-state index contributed by atoms with van der Waals surface area (Å²) in [5, 5.41) is 0. The molecule has 4 heteroatoms. The smallest absolute Gasteiger partial charge is 0.166 e. The molecular formula is C20H14BrF3. The summed E-state index contributed by atoms with van der Waals surface area (Å²) in [7, 11) is 0. The Bertz CT molecular complexity index is 791. The Kier molecular flexibility index (Phi) is 4.76. The molecule has 0 amide bonds. The van der Waals surface area contributed by atoms with Crippen LogP contribution in [0.2, 0.25) is 0 Å². The minimum atomic E-state index is -4.32. The Balaban J connectivity index is 2.06. The molecule has 0 spiro atoms. The van der Waals surface area contributed by atoms with Crippen molar-refractivity contribution in [3.8, 4) is 0 Å². The van der Waals surface area contributed by atoms with Crippen LogP contribution in [-0.4, -0.2) is 0 Å². The summed E-state index contributed by atoms with van der Waals surface area (Å²) in [6.45, 7) is 0. The summed E-state index contributed by atoms with van der Waals surface area (Å²) in [6, 6.07) is 23.0. The Morgan fingerprint density at radius 1 is 0.625 bits per heavy atom. The third-order valence-electron chi connectivity index (χ3n) is 3.91. The summed E-state index contributed by atoms with van der Waals surface area (Å²) in [5.41, 5.74) is 2.27. The highest BCUT2D eigenvalue weighted by Gasteiger charge is 2.30. The molecule has 0 unspecified atom stereocenters. The van der Waals surface area contributed by atoms with Crippen molar-refractivity contribution in [3.63, 3.8) is 0 Å². The average Bonchev–Trinajstić information content (AvgIpc) is 2.58. The van der Waals surface area contributed by atoms with E-state index in [1.54, 1.807) is 12.1 Å². The molecule has 0 radical (unpaired) electrons. The fraction of sp³-hybridized carbons (Fsp3) is 0.100. The molecule has 1 atom stereocenters. The SMILES string of the molecule is FC(F)(F)c1ccc([C@@H](c2ccccc2)c2ccc(Br)cc2)cc1. The number of rotatable bonds is 3. The second-order valence-corrected chi connectivity index (χ2v) is 6.43. The predicted molar refractivity (Wildman–Crippen MR) is 93.0 cm³/mol. The monoisotopic (exact) mass is 390 g/mol. The Hall–Kier alpha value is -2.07. The van der Waals surface area contributed by atoms with Crippen LogP contribution in [0.3, 0.4) is 0 Å². The van der Waals surface area contributed by atoms with Gasteiger partial charge in [0.1, 0.15) is 0 Å². The Labute approximate surface area is 147 Å². The average molecular weight is 391 g/mol. The lowest BCUT2D eigenvalue weighted by atomic mass is 9.85. The fourth-order valence-corrected chi connectivity index (χ4v) is 3.01. The maximum atomic E-state index is 12.8. The molecule has 0 aliphatic carbocycles. The van der Waals surface area contributed by atoms with E-state index >= 15 is 0 Å². The van der Waals surface area contributed by atoms with Crippen LogP contribution in [0.1, 0.15) is 28.2 Å². The molecule has 0 aliphatic rings. The van der Waals surface area contributed by atoms with Gasteiger partial charge in [0.05, 0.1) is 5.56 Å². The van der Waals surface area contributed by atoms with Crippen molar-refractivity contribution in [2.24, 2.45) is 0 Å². The third kappa shape index (κ3) is 3.70. The van der Waals surface area contributed by atoms with Crippen LogP contribution < -0.4 is 0 Å². The molecule has 0 nitrogen and oxygen atoms in total. The highest BCUT2D eigenvalue weighted by atomic mass is 79.9. The van der Waals surface area contributed by atoms with Crippen molar-refractivity contribution in [3.05, 3.63) is 106 Å². The van der Waals surface area contributed by atoms with Crippen LogP contribution in [0, 0.1) is 0 Å². The normalized spacial score (nSPS) is 12.8. The zero-order chi connectivity index (χ0) is 17.2. The summed E-state index contributed by atoms with van der Waals surface area (Å²) in [6.07, 6.45) is -4.32. The van der Waals surface area contributed by atoms with E-state index in [2.05, 4.69) is 15.9 Å². The third-order valence-corrected chi connectivity index (χ3v) is 4.44. The maximum Gasteiger partial charge on any atom is 0.416 e. The minimum absolute atomic E-state index is 0.110. The molecule has 3 aromatic carbocycles. The first-order valence-electron chi connectivity index (χ1n) is 7.43. The molecule has 0 N–H and O–H groups in total. The highest BCUT2D eigenvalue weighted by molar-refractivity contribution is 9.10. The van der Waals surface area contributed by atoms with E-state index in [1.807, 2.05) is 54.6 Å². The molecule has 0 bridgehead atoms.